The Kier molecular flexibility index (Phi) is 2.42. The number of hydrogen-bond acceptors (Lipinski definition) is 2. The molecule has 2 nitrogen and oxygen atoms in total. The van der Waals surface area contributed by atoms with Crippen LogP contribution >= 0.6 is 0 Å². The molecule has 0 aromatic carbocycles. The lowest BCUT2D eigenvalue weighted by Crippen LogP contribution is -2.26. The molecule has 12 heavy (non-hydrogen) atoms. The SMILES string of the molecule is [B]C1CCC(C(O)CC2CC2)O1. The average molecular weight is 166 g/mol. The molecule has 0 spiro atoms. The van der Waals surface area contributed by atoms with Crippen LogP contribution in [-0.2, 0) is 4.74 Å². The minimum absolute atomic E-state index is 0.0144. The molecule has 0 aromatic rings. The van der Waals surface area contributed by atoms with Gasteiger partial charge in [0, 0.05) is 6.00 Å². The van der Waals surface area contributed by atoms with Crippen LogP contribution in [0.25, 0.3) is 0 Å². The van der Waals surface area contributed by atoms with Gasteiger partial charge in [-0.15, -0.1) is 0 Å². The molecule has 1 heterocycles. The summed E-state index contributed by atoms with van der Waals surface area (Å²) >= 11 is 0. The number of ether oxygens (including phenoxy) is 1. The van der Waals surface area contributed by atoms with E-state index in [1.54, 1.807) is 0 Å². The minimum atomic E-state index is -0.272. The molecule has 0 bridgehead atoms. The van der Waals surface area contributed by atoms with E-state index in [-0.39, 0.29) is 18.2 Å². The Morgan fingerprint density at radius 1 is 1.33 bits per heavy atom. The van der Waals surface area contributed by atoms with Crippen LogP contribution in [0.15, 0.2) is 0 Å². The second-order valence-corrected chi connectivity index (χ2v) is 4.04. The first-order valence-electron chi connectivity index (χ1n) is 4.85. The minimum Gasteiger partial charge on any atom is -0.390 e. The quantitative estimate of drug-likeness (QED) is 0.629. The van der Waals surface area contributed by atoms with Crippen molar-refractivity contribution < 1.29 is 9.84 Å². The van der Waals surface area contributed by atoms with Crippen molar-refractivity contribution in [2.75, 3.05) is 0 Å². The van der Waals surface area contributed by atoms with Crippen LogP contribution in [0.3, 0.4) is 0 Å². The zero-order chi connectivity index (χ0) is 8.55. The molecule has 1 aliphatic carbocycles. The van der Waals surface area contributed by atoms with Crippen molar-refractivity contribution in [1.29, 1.82) is 0 Å². The van der Waals surface area contributed by atoms with E-state index in [0.29, 0.717) is 0 Å². The van der Waals surface area contributed by atoms with Crippen molar-refractivity contribution in [2.45, 2.75) is 50.3 Å². The Morgan fingerprint density at radius 2 is 2.08 bits per heavy atom. The van der Waals surface area contributed by atoms with Crippen LogP contribution in [0.5, 0.6) is 0 Å². The number of rotatable bonds is 3. The first-order chi connectivity index (χ1) is 5.75. The smallest absolute Gasteiger partial charge is 0.109 e. The van der Waals surface area contributed by atoms with E-state index in [2.05, 4.69) is 0 Å². The van der Waals surface area contributed by atoms with Gasteiger partial charge in [0.05, 0.1) is 12.2 Å². The Balaban J connectivity index is 1.74. The fourth-order valence-electron chi connectivity index (χ4n) is 1.82. The van der Waals surface area contributed by atoms with Gasteiger partial charge in [0.15, 0.2) is 0 Å². The van der Waals surface area contributed by atoms with E-state index < -0.39 is 0 Å². The Morgan fingerprint density at radius 3 is 2.58 bits per heavy atom. The summed E-state index contributed by atoms with van der Waals surface area (Å²) in [6.45, 7) is 0. The Bertz CT molecular complexity index is 159. The maximum atomic E-state index is 9.70. The van der Waals surface area contributed by atoms with Crippen molar-refractivity contribution >= 4 is 7.85 Å². The molecule has 0 amide bonds. The number of aliphatic hydroxyl groups excluding tert-OH is 1. The van der Waals surface area contributed by atoms with Crippen molar-refractivity contribution in [3.63, 3.8) is 0 Å². The number of hydrogen-bond donors (Lipinski definition) is 1. The zero-order valence-corrected chi connectivity index (χ0v) is 7.28. The van der Waals surface area contributed by atoms with Crippen molar-refractivity contribution in [3.05, 3.63) is 0 Å². The van der Waals surface area contributed by atoms with E-state index in [1.807, 2.05) is 0 Å². The summed E-state index contributed by atoms with van der Waals surface area (Å²) in [5.74, 6) is 0.764. The lowest BCUT2D eigenvalue weighted by Gasteiger charge is -2.17. The summed E-state index contributed by atoms with van der Waals surface area (Å²) < 4.78 is 5.38. The van der Waals surface area contributed by atoms with Gasteiger partial charge < -0.3 is 9.84 Å². The molecular formula is C9H15BO2. The summed E-state index contributed by atoms with van der Waals surface area (Å²) in [6, 6.07) is -0.135. The molecule has 2 fully saturated rings. The molecule has 0 aromatic heterocycles. The highest BCUT2D eigenvalue weighted by molar-refractivity contribution is 6.11. The highest BCUT2D eigenvalue weighted by atomic mass is 16.5. The molecule has 2 radical (unpaired) electrons. The van der Waals surface area contributed by atoms with Gasteiger partial charge in [-0.05, 0) is 25.2 Å². The van der Waals surface area contributed by atoms with Gasteiger partial charge >= 0.3 is 0 Å². The van der Waals surface area contributed by atoms with Crippen molar-refractivity contribution in [3.8, 4) is 0 Å². The van der Waals surface area contributed by atoms with Gasteiger partial charge in [-0.1, -0.05) is 12.8 Å². The van der Waals surface area contributed by atoms with E-state index in [4.69, 9.17) is 12.6 Å². The van der Waals surface area contributed by atoms with E-state index in [0.717, 1.165) is 25.2 Å². The van der Waals surface area contributed by atoms with Gasteiger partial charge in [-0.25, -0.2) is 0 Å². The molecule has 2 aliphatic rings. The summed E-state index contributed by atoms with van der Waals surface area (Å²) in [4.78, 5) is 0. The normalized spacial score (nSPS) is 38.4. The zero-order valence-electron chi connectivity index (χ0n) is 7.28. The third-order valence-corrected chi connectivity index (χ3v) is 2.79. The molecule has 1 saturated heterocycles. The van der Waals surface area contributed by atoms with Crippen LogP contribution < -0.4 is 0 Å². The van der Waals surface area contributed by atoms with Crippen LogP contribution in [0.1, 0.15) is 32.1 Å². The lowest BCUT2D eigenvalue weighted by molar-refractivity contribution is -0.0181. The lowest BCUT2D eigenvalue weighted by atomic mass is 9.96. The predicted molar refractivity (Wildman–Crippen MR) is 47.0 cm³/mol. The van der Waals surface area contributed by atoms with Crippen LogP contribution in [0.2, 0.25) is 0 Å². The van der Waals surface area contributed by atoms with E-state index in [1.165, 1.54) is 12.8 Å². The third kappa shape index (κ3) is 2.02. The van der Waals surface area contributed by atoms with E-state index >= 15 is 0 Å². The molecule has 2 rings (SSSR count). The predicted octanol–water partition coefficient (Wildman–Crippen LogP) is 0.821. The Labute approximate surface area is 74.7 Å². The standard InChI is InChI=1S/C9H15BO2/c10-9-4-3-8(12-9)7(11)5-6-1-2-6/h6-9,11H,1-5H2. The third-order valence-electron chi connectivity index (χ3n) is 2.79. The molecule has 1 saturated carbocycles. The first-order valence-corrected chi connectivity index (χ1v) is 4.85. The summed E-state index contributed by atoms with van der Waals surface area (Å²) in [5, 5.41) is 9.70. The second-order valence-electron chi connectivity index (χ2n) is 4.04. The van der Waals surface area contributed by atoms with Gasteiger partial charge in [0.1, 0.15) is 7.85 Å². The molecule has 1 aliphatic heterocycles. The first kappa shape index (κ1) is 8.58. The van der Waals surface area contributed by atoms with Gasteiger partial charge in [-0.2, -0.15) is 0 Å². The fourth-order valence-corrected chi connectivity index (χ4v) is 1.82. The number of aliphatic hydroxyl groups is 1. The van der Waals surface area contributed by atoms with Gasteiger partial charge in [0.25, 0.3) is 0 Å². The monoisotopic (exact) mass is 166 g/mol. The van der Waals surface area contributed by atoms with E-state index in [9.17, 15) is 5.11 Å². The van der Waals surface area contributed by atoms with Crippen LogP contribution in [-0.4, -0.2) is 31.2 Å². The molecular weight excluding hydrogens is 151 g/mol. The molecule has 3 unspecified atom stereocenters. The topological polar surface area (TPSA) is 29.5 Å². The summed E-state index contributed by atoms with van der Waals surface area (Å²) in [7, 11) is 5.58. The van der Waals surface area contributed by atoms with Crippen molar-refractivity contribution in [2.24, 2.45) is 5.92 Å². The van der Waals surface area contributed by atoms with Crippen LogP contribution in [0, 0.1) is 5.92 Å². The summed E-state index contributed by atoms with van der Waals surface area (Å²) in [5.41, 5.74) is 0. The maximum absolute atomic E-state index is 9.70. The second kappa shape index (κ2) is 3.39. The fraction of sp³-hybridized carbons (Fsp3) is 1.00. The summed E-state index contributed by atoms with van der Waals surface area (Å²) in [6.07, 6.45) is 5.05. The Hall–Kier alpha value is -0.0151. The molecule has 1 N–H and O–H groups in total. The molecule has 3 atom stereocenters. The van der Waals surface area contributed by atoms with Gasteiger partial charge in [-0.3, -0.25) is 0 Å². The van der Waals surface area contributed by atoms with Gasteiger partial charge in [0.2, 0.25) is 0 Å². The average Bonchev–Trinajstić information content (AvgIpc) is 2.72. The largest absolute Gasteiger partial charge is 0.390 e. The van der Waals surface area contributed by atoms with Crippen molar-refractivity contribution in [1.82, 2.24) is 0 Å². The molecule has 66 valence electrons. The maximum Gasteiger partial charge on any atom is 0.109 e. The molecule has 3 heteroatoms. The van der Waals surface area contributed by atoms with Crippen LogP contribution in [0.4, 0.5) is 0 Å². The highest BCUT2D eigenvalue weighted by Crippen LogP contribution is 2.35. The highest BCUT2D eigenvalue weighted by Gasteiger charge is 2.32.